The van der Waals surface area contributed by atoms with Crippen LogP contribution >= 0.6 is 0 Å². The highest BCUT2D eigenvalue weighted by Gasteiger charge is 2.19. The Morgan fingerprint density at radius 3 is 0.891 bits per heavy atom. The summed E-state index contributed by atoms with van der Waals surface area (Å²) in [6, 6.07) is 0. The fourth-order valence-corrected chi connectivity index (χ4v) is 8.84. The first kappa shape index (κ1) is 62.4. The van der Waals surface area contributed by atoms with Crippen LogP contribution in [0.15, 0.2) is 0 Å². The van der Waals surface area contributed by atoms with Crippen molar-refractivity contribution in [1.29, 1.82) is 0 Å². The van der Waals surface area contributed by atoms with E-state index in [0.717, 1.165) is 69.6 Å². The molecule has 0 aliphatic heterocycles. The number of esters is 3. The minimum atomic E-state index is -0.762. The van der Waals surface area contributed by atoms with Crippen LogP contribution in [0, 0.1) is 11.8 Å². The third kappa shape index (κ3) is 49.8. The fourth-order valence-electron chi connectivity index (χ4n) is 8.84. The lowest BCUT2D eigenvalue weighted by atomic mass is 9.99. The molecule has 0 aromatic rings. The van der Waals surface area contributed by atoms with Crippen LogP contribution in [0.2, 0.25) is 0 Å². The van der Waals surface area contributed by atoms with Gasteiger partial charge in [0, 0.05) is 19.3 Å². The molecule has 0 aliphatic carbocycles. The molecule has 0 spiro atoms. The topological polar surface area (TPSA) is 78.9 Å². The van der Waals surface area contributed by atoms with Crippen molar-refractivity contribution in [3.63, 3.8) is 0 Å². The van der Waals surface area contributed by atoms with E-state index in [1.165, 1.54) is 212 Å². The fraction of sp³-hybridized carbons (Fsp3) is 0.948. The molecule has 0 rings (SSSR count). The molecule has 0 N–H and O–H groups in total. The second-order valence-corrected chi connectivity index (χ2v) is 20.6. The van der Waals surface area contributed by atoms with Crippen molar-refractivity contribution in [2.45, 2.75) is 330 Å². The minimum absolute atomic E-state index is 0.0627. The van der Waals surface area contributed by atoms with Crippen LogP contribution in [-0.2, 0) is 28.6 Å². The van der Waals surface area contributed by atoms with Crippen molar-refractivity contribution in [2.24, 2.45) is 11.8 Å². The van der Waals surface area contributed by atoms with Gasteiger partial charge in [0.25, 0.3) is 0 Å². The van der Waals surface area contributed by atoms with Gasteiger partial charge in [0.05, 0.1) is 0 Å². The SMILES string of the molecule is CCCCCCCCCCCCCCCC(=O)O[C@@H](COC(=O)CCCCCCCCCCCCCCCCC(C)CC)COC(=O)CCCCCCCCCCCCCCC(C)C. The zero-order chi connectivity index (χ0) is 46.8. The molecule has 0 saturated carbocycles. The maximum atomic E-state index is 12.8. The van der Waals surface area contributed by atoms with Crippen molar-refractivity contribution in [3.8, 4) is 0 Å². The summed E-state index contributed by atoms with van der Waals surface area (Å²) in [5.74, 6) is 0.890. The van der Waals surface area contributed by atoms with Gasteiger partial charge in [-0.1, -0.05) is 285 Å². The molecule has 0 aliphatic rings. The molecule has 2 atom stereocenters. The Morgan fingerprint density at radius 2 is 0.594 bits per heavy atom. The molecular weight excluding hydrogens is 793 g/mol. The summed E-state index contributed by atoms with van der Waals surface area (Å²) < 4.78 is 16.9. The van der Waals surface area contributed by atoms with E-state index >= 15 is 0 Å². The van der Waals surface area contributed by atoms with Crippen molar-refractivity contribution < 1.29 is 28.6 Å². The van der Waals surface area contributed by atoms with E-state index in [1.54, 1.807) is 0 Å². The van der Waals surface area contributed by atoms with Crippen LogP contribution in [0.4, 0.5) is 0 Å². The summed E-state index contributed by atoms with van der Waals surface area (Å²) in [4.78, 5) is 38.1. The number of rotatable bonds is 52. The van der Waals surface area contributed by atoms with Crippen LogP contribution in [0.3, 0.4) is 0 Å². The van der Waals surface area contributed by atoms with Crippen LogP contribution in [0.1, 0.15) is 324 Å². The van der Waals surface area contributed by atoms with Crippen molar-refractivity contribution in [3.05, 3.63) is 0 Å². The largest absolute Gasteiger partial charge is 0.462 e. The highest BCUT2D eigenvalue weighted by Crippen LogP contribution is 2.18. The van der Waals surface area contributed by atoms with Crippen LogP contribution < -0.4 is 0 Å². The normalized spacial score (nSPS) is 12.5. The Labute approximate surface area is 399 Å². The molecular formula is C58H112O6. The van der Waals surface area contributed by atoms with E-state index in [0.29, 0.717) is 19.3 Å². The van der Waals surface area contributed by atoms with E-state index in [9.17, 15) is 14.4 Å². The van der Waals surface area contributed by atoms with Crippen LogP contribution in [-0.4, -0.2) is 37.2 Å². The number of carbonyl (C=O) groups excluding carboxylic acids is 3. The number of unbranched alkanes of at least 4 members (excludes halogenated alkanes) is 36. The molecule has 0 aromatic carbocycles. The van der Waals surface area contributed by atoms with Gasteiger partial charge < -0.3 is 14.2 Å². The first-order chi connectivity index (χ1) is 31.3. The van der Waals surface area contributed by atoms with Crippen LogP contribution in [0.5, 0.6) is 0 Å². The summed E-state index contributed by atoms with van der Waals surface area (Å²) in [6.45, 7) is 11.4. The summed E-state index contributed by atoms with van der Waals surface area (Å²) in [6.07, 6.45) is 53.7. The Balaban J connectivity index is 4.28. The molecule has 380 valence electrons. The van der Waals surface area contributed by atoms with E-state index in [4.69, 9.17) is 14.2 Å². The van der Waals surface area contributed by atoms with Gasteiger partial charge in [-0.15, -0.1) is 0 Å². The standard InChI is InChI=1S/C58H112O6/c1-6-8-9-10-11-12-13-16-25-30-35-40-45-50-58(61)64-55(52-63-57(60)49-44-39-34-29-24-20-19-21-26-31-36-41-46-53(3)4)51-62-56(59)48-43-38-33-28-23-18-15-14-17-22-27-32-37-42-47-54(5)7-2/h53-55H,6-52H2,1-5H3/t54?,55-/m0/s1. The van der Waals surface area contributed by atoms with E-state index in [1.807, 2.05) is 0 Å². The molecule has 0 amide bonds. The number of ether oxygens (including phenoxy) is 3. The lowest BCUT2D eigenvalue weighted by molar-refractivity contribution is -0.167. The predicted octanol–water partition coefficient (Wildman–Crippen LogP) is 18.9. The van der Waals surface area contributed by atoms with Crippen molar-refractivity contribution in [2.75, 3.05) is 13.2 Å². The molecule has 6 heteroatoms. The second kappa shape index (κ2) is 50.8. The molecule has 1 unspecified atom stereocenters. The second-order valence-electron chi connectivity index (χ2n) is 20.6. The highest BCUT2D eigenvalue weighted by molar-refractivity contribution is 5.71. The van der Waals surface area contributed by atoms with Gasteiger partial charge in [-0.3, -0.25) is 14.4 Å². The van der Waals surface area contributed by atoms with E-state index in [-0.39, 0.29) is 31.1 Å². The van der Waals surface area contributed by atoms with Gasteiger partial charge in [-0.2, -0.15) is 0 Å². The lowest BCUT2D eigenvalue weighted by Crippen LogP contribution is -2.30. The molecule has 0 bridgehead atoms. The van der Waals surface area contributed by atoms with E-state index in [2.05, 4.69) is 34.6 Å². The molecule has 0 heterocycles. The minimum Gasteiger partial charge on any atom is -0.462 e. The third-order valence-electron chi connectivity index (χ3n) is 13.6. The van der Waals surface area contributed by atoms with Gasteiger partial charge in [0.15, 0.2) is 6.10 Å². The Kier molecular flexibility index (Phi) is 49.6. The third-order valence-corrected chi connectivity index (χ3v) is 13.6. The monoisotopic (exact) mass is 905 g/mol. The summed E-state index contributed by atoms with van der Waals surface area (Å²) in [5.41, 5.74) is 0. The highest BCUT2D eigenvalue weighted by atomic mass is 16.6. The van der Waals surface area contributed by atoms with Crippen molar-refractivity contribution in [1.82, 2.24) is 0 Å². The summed E-state index contributed by atoms with van der Waals surface area (Å²) in [7, 11) is 0. The molecule has 0 saturated heterocycles. The van der Waals surface area contributed by atoms with Crippen LogP contribution in [0.25, 0.3) is 0 Å². The number of hydrogen-bond donors (Lipinski definition) is 0. The molecule has 0 radical (unpaired) electrons. The molecule has 64 heavy (non-hydrogen) atoms. The van der Waals surface area contributed by atoms with Gasteiger partial charge >= 0.3 is 17.9 Å². The van der Waals surface area contributed by atoms with Gasteiger partial charge in [-0.05, 0) is 31.1 Å². The number of carbonyl (C=O) groups is 3. The average molecular weight is 906 g/mol. The lowest BCUT2D eigenvalue weighted by Gasteiger charge is -2.18. The first-order valence-electron chi connectivity index (χ1n) is 28.8. The van der Waals surface area contributed by atoms with Gasteiger partial charge in [0.1, 0.15) is 13.2 Å². The molecule has 0 aromatic heterocycles. The zero-order valence-corrected chi connectivity index (χ0v) is 43.9. The van der Waals surface area contributed by atoms with E-state index < -0.39 is 6.10 Å². The quantitative estimate of drug-likeness (QED) is 0.0344. The Bertz CT molecular complexity index is 980. The maximum Gasteiger partial charge on any atom is 0.306 e. The van der Waals surface area contributed by atoms with Crippen molar-refractivity contribution >= 4 is 17.9 Å². The smallest absolute Gasteiger partial charge is 0.306 e. The predicted molar refractivity (Wildman–Crippen MR) is 275 cm³/mol. The average Bonchev–Trinajstić information content (AvgIpc) is 3.28. The zero-order valence-electron chi connectivity index (χ0n) is 43.9. The molecule has 0 fully saturated rings. The first-order valence-corrected chi connectivity index (χ1v) is 28.8. The Hall–Kier alpha value is -1.59. The maximum absolute atomic E-state index is 12.8. The Morgan fingerprint density at radius 1 is 0.328 bits per heavy atom. The van der Waals surface area contributed by atoms with Gasteiger partial charge in [-0.25, -0.2) is 0 Å². The van der Waals surface area contributed by atoms with Gasteiger partial charge in [0.2, 0.25) is 0 Å². The summed E-state index contributed by atoms with van der Waals surface area (Å²) in [5, 5.41) is 0. The summed E-state index contributed by atoms with van der Waals surface area (Å²) >= 11 is 0. The molecule has 6 nitrogen and oxygen atoms in total. The number of hydrogen-bond acceptors (Lipinski definition) is 6.